The first-order valence-electron chi connectivity index (χ1n) is 7.74. The zero-order valence-corrected chi connectivity index (χ0v) is 13.2. The van der Waals surface area contributed by atoms with E-state index >= 15 is 0 Å². The van der Waals surface area contributed by atoms with Crippen molar-refractivity contribution in [2.75, 3.05) is 26.2 Å². The van der Waals surface area contributed by atoms with Crippen molar-refractivity contribution in [1.29, 1.82) is 0 Å². The third kappa shape index (κ3) is 7.10. The van der Waals surface area contributed by atoms with Crippen LogP contribution in [0.15, 0.2) is 0 Å². The standard InChI is InChI=1S/C15H30N2O3/c1-15(2,3)20-14(19)17-10-8-13(12-17)16-9-6-4-5-7-11-18/h13,16,18H,4-12H2,1-3H3. The molecular formula is C15H30N2O3. The molecule has 5 nitrogen and oxygen atoms in total. The van der Waals surface area contributed by atoms with Crippen molar-refractivity contribution >= 4 is 6.09 Å². The quantitative estimate of drug-likeness (QED) is 0.704. The molecule has 20 heavy (non-hydrogen) atoms. The first-order valence-corrected chi connectivity index (χ1v) is 7.74. The van der Waals surface area contributed by atoms with Gasteiger partial charge in [0.1, 0.15) is 5.60 Å². The van der Waals surface area contributed by atoms with Crippen LogP contribution in [0.2, 0.25) is 0 Å². The first-order chi connectivity index (χ1) is 9.42. The minimum Gasteiger partial charge on any atom is -0.444 e. The Labute approximate surface area is 122 Å². The lowest BCUT2D eigenvalue weighted by atomic mass is 10.2. The van der Waals surface area contributed by atoms with Crippen molar-refractivity contribution in [3.63, 3.8) is 0 Å². The van der Waals surface area contributed by atoms with E-state index in [2.05, 4.69) is 5.32 Å². The van der Waals surface area contributed by atoms with E-state index < -0.39 is 5.60 Å². The second-order valence-corrected chi connectivity index (χ2v) is 6.50. The third-order valence-corrected chi connectivity index (χ3v) is 3.36. The molecule has 5 heteroatoms. The SMILES string of the molecule is CC(C)(C)OC(=O)N1CCC(NCCCCCCO)C1. The minimum atomic E-state index is -0.421. The van der Waals surface area contributed by atoms with Gasteiger partial charge in [-0.15, -0.1) is 0 Å². The highest BCUT2D eigenvalue weighted by Crippen LogP contribution is 2.15. The van der Waals surface area contributed by atoms with Crippen LogP contribution in [0.1, 0.15) is 52.9 Å². The number of hydrogen-bond acceptors (Lipinski definition) is 4. The molecule has 1 amide bonds. The fourth-order valence-corrected chi connectivity index (χ4v) is 2.32. The van der Waals surface area contributed by atoms with Gasteiger partial charge in [-0.1, -0.05) is 12.8 Å². The molecule has 1 aliphatic rings. The molecule has 0 aromatic rings. The van der Waals surface area contributed by atoms with E-state index in [1.807, 2.05) is 20.8 Å². The Kier molecular flexibility index (Phi) is 7.30. The number of aliphatic hydroxyl groups is 1. The van der Waals surface area contributed by atoms with Crippen molar-refractivity contribution in [1.82, 2.24) is 10.2 Å². The second kappa shape index (κ2) is 8.47. The van der Waals surface area contributed by atoms with Crippen LogP contribution in [-0.2, 0) is 4.74 Å². The number of amides is 1. The molecule has 1 heterocycles. The molecule has 1 saturated heterocycles. The van der Waals surface area contributed by atoms with Gasteiger partial charge in [-0.05, 0) is 46.6 Å². The number of likely N-dealkylation sites (tertiary alicyclic amines) is 1. The molecule has 118 valence electrons. The number of carbonyl (C=O) groups excluding carboxylic acids is 1. The third-order valence-electron chi connectivity index (χ3n) is 3.36. The van der Waals surface area contributed by atoms with Gasteiger partial charge in [0.25, 0.3) is 0 Å². The zero-order chi connectivity index (χ0) is 15.0. The average Bonchev–Trinajstić information content (AvgIpc) is 2.80. The van der Waals surface area contributed by atoms with E-state index in [9.17, 15) is 4.79 Å². The van der Waals surface area contributed by atoms with Gasteiger partial charge in [-0.25, -0.2) is 4.79 Å². The molecule has 1 unspecified atom stereocenters. The number of carbonyl (C=O) groups is 1. The molecule has 1 atom stereocenters. The Morgan fingerprint density at radius 2 is 2.00 bits per heavy atom. The molecule has 0 aliphatic carbocycles. The number of aliphatic hydroxyl groups excluding tert-OH is 1. The summed E-state index contributed by atoms with van der Waals surface area (Å²) in [6.07, 6.45) is 5.06. The van der Waals surface area contributed by atoms with Gasteiger partial charge < -0.3 is 20.1 Å². The topological polar surface area (TPSA) is 61.8 Å². The summed E-state index contributed by atoms with van der Waals surface area (Å²) in [7, 11) is 0. The van der Waals surface area contributed by atoms with Gasteiger partial charge in [-0.2, -0.15) is 0 Å². The molecule has 1 fully saturated rings. The predicted molar refractivity (Wildman–Crippen MR) is 79.8 cm³/mol. The fraction of sp³-hybridized carbons (Fsp3) is 0.933. The highest BCUT2D eigenvalue weighted by atomic mass is 16.6. The highest BCUT2D eigenvalue weighted by Gasteiger charge is 2.29. The fourth-order valence-electron chi connectivity index (χ4n) is 2.32. The summed E-state index contributed by atoms with van der Waals surface area (Å²) in [5.74, 6) is 0. The van der Waals surface area contributed by atoms with Crippen LogP contribution in [0.3, 0.4) is 0 Å². The smallest absolute Gasteiger partial charge is 0.410 e. The van der Waals surface area contributed by atoms with Gasteiger partial charge in [-0.3, -0.25) is 0 Å². The van der Waals surface area contributed by atoms with Gasteiger partial charge in [0.2, 0.25) is 0 Å². The van der Waals surface area contributed by atoms with Crippen molar-refractivity contribution in [2.24, 2.45) is 0 Å². The number of unbranched alkanes of at least 4 members (excludes halogenated alkanes) is 3. The number of hydrogen-bond donors (Lipinski definition) is 2. The van der Waals surface area contributed by atoms with E-state index in [0.717, 1.165) is 51.7 Å². The Hall–Kier alpha value is -0.810. The summed E-state index contributed by atoms with van der Waals surface area (Å²) in [5, 5.41) is 12.2. The maximum atomic E-state index is 11.9. The summed E-state index contributed by atoms with van der Waals surface area (Å²) in [5.41, 5.74) is -0.421. The Balaban J connectivity index is 2.12. The van der Waals surface area contributed by atoms with Crippen LogP contribution >= 0.6 is 0 Å². The van der Waals surface area contributed by atoms with Crippen LogP contribution in [0.4, 0.5) is 4.79 Å². The predicted octanol–water partition coefficient (Wildman–Crippen LogP) is 2.14. The highest BCUT2D eigenvalue weighted by molar-refractivity contribution is 5.68. The van der Waals surface area contributed by atoms with E-state index in [1.54, 1.807) is 4.90 Å². The molecule has 0 spiro atoms. The number of ether oxygens (including phenoxy) is 1. The van der Waals surface area contributed by atoms with Gasteiger partial charge in [0, 0.05) is 25.7 Å². The molecule has 0 aromatic carbocycles. The summed E-state index contributed by atoms with van der Waals surface area (Å²) in [6.45, 7) is 8.47. The van der Waals surface area contributed by atoms with E-state index in [-0.39, 0.29) is 6.09 Å². The molecular weight excluding hydrogens is 256 g/mol. The molecule has 0 bridgehead atoms. The lowest BCUT2D eigenvalue weighted by Crippen LogP contribution is -2.38. The monoisotopic (exact) mass is 286 g/mol. The van der Waals surface area contributed by atoms with E-state index in [0.29, 0.717) is 12.6 Å². The number of nitrogens with one attached hydrogen (secondary N) is 1. The molecule has 2 N–H and O–H groups in total. The molecule has 0 aromatic heterocycles. The number of rotatable bonds is 7. The van der Waals surface area contributed by atoms with Crippen LogP contribution in [0, 0.1) is 0 Å². The van der Waals surface area contributed by atoms with E-state index in [4.69, 9.17) is 9.84 Å². The van der Waals surface area contributed by atoms with Gasteiger partial charge in [0.15, 0.2) is 0 Å². The summed E-state index contributed by atoms with van der Waals surface area (Å²) < 4.78 is 5.38. The maximum Gasteiger partial charge on any atom is 0.410 e. The van der Waals surface area contributed by atoms with Crippen LogP contribution < -0.4 is 5.32 Å². The van der Waals surface area contributed by atoms with E-state index in [1.165, 1.54) is 0 Å². The normalized spacial score (nSPS) is 19.4. The minimum absolute atomic E-state index is 0.204. The van der Waals surface area contributed by atoms with Crippen LogP contribution in [0.5, 0.6) is 0 Å². The molecule has 1 rings (SSSR count). The van der Waals surface area contributed by atoms with Gasteiger partial charge >= 0.3 is 6.09 Å². The second-order valence-electron chi connectivity index (χ2n) is 6.50. The van der Waals surface area contributed by atoms with Gasteiger partial charge in [0.05, 0.1) is 0 Å². The molecule has 0 radical (unpaired) electrons. The number of nitrogens with zero attached hydrogens (tertiary/aromatic N) is 1. The Morgan fingerprint density at radius 1 is 1.30 bits per heavy atom. The first kappa shape index (κ1) is 17.2. The van der Waals surface area contributed by atoms with Crippen molar-refractivity contribution in [2.45, 2.75) is 64.5 Å². The molecule has 0 saturated carbocycles. The summed E-state index contributed by atoms with van der Waals surface area (Å²) in [4.78, 5) is 13.7. The summed E-state index contributed by atoms with van der Waals surface area (Å²) in [6, 6.07) is 0.389. The maximum absolute atomic E-state index is 11.9. The largest absolute Gasteiger partial charge is 0.444 e. The van der Waals surface area contributed by atoms with Crippen molar-refractivity contribution in [3.8, 4) is 0 Å². The Morgan fingerprint density at radius 3 is 2.65 bits per heavy atom. The van der Waals surface area contributed by atoms with Crippen molar-refractivity contribution in [3.05, 3.63) is 0 Å². The van der Waals surface area contributed by atoms with Crippen LogP contribution in [0.25, 0.3) is 0 Å². The summed E-state index contributed by atoms with van der Waals surface area (Å²) >= 11 is 0. The lowest BCUT2D eigenvalue weighted by Gasteiger charge is -2.24. The lowest BCUT2D eigenvalue weighted by molar-refractivity contribution is 0.0291. The zero-order valence-electron chi connectivity index (χ0n) is 13.2. The molecule has 1 aliphatic heterocycles. The van der Waals surface area contributed by atoms with Crippen molar-refractivity contribution < 1.29 is 14.6 Å². The average molecular weight is 286 g/mol. The van der Waals surface area contributed by atoms with Crippen LogP contribution in [-0.4, -0.2) is 54.0 Å². The Bertz CT molecular complexity index is 289.